The third-order valence-corrected chi connectivity index (χ3v) is 3.95. The molecule has 0 unspecified atom stereocenters. The Morgan fingerprint density at radius 1 is 1.43 bits per heavy atom. The van der Waals surface area contributed by atoms with Crippen molar-refractivity contribution in [2.24, 2.45) is 5.41 Å². The number of carbonyl (C=O) groups is 1. The molecule has 0 radical (unpaired) electrons. The van der Waals surface area contributed by atoms with Crippen LogP contribution >= 0.6 is 15.9 Å². The van der Waals surface area contributed by atoms with Crippen molar-refractivity contribution in [3.8, 4) is 0 Å². The topological polar surface area (TPSA) is 72.2 Å². The molecule has 0 heterocycles. The summed E-state index contributed by atoms with van der Waals surface area (Å²) in [6.45, 7) is 6.50. The number of hydrogen-bond acceptors (Lipinski definition) is 3. The Bertz CT molecular complexity index is 530. The van der Waals surface area contributed by atoms with Crippen molar-refractivity contribution in [1.29, 1.82) is 0 Å². The molecule has 0 fully saturated rings. The van der Waals surface area contributed by atoms with Crippen molar-refractivity contribution in [2.75, 3.05) is 11.9 Å². The van der Waals surface area contributed by atoms with E-state index in [4.69, 9.17) is 0 Å². The molecule has 21 heavy (non-hydrogen) atoms. The van der Waals surface area contributed by atoms with Crippen LogP contribution in [0.3, 0.4) is 0 Å². The Morgan fingerprint density at radius 3 is 2.67 bits per heavy atom. The molecule has 0 aromatic heterocycles. The number of alkyl halides is 1. The van der Waals surface area contributed by atoms with Crippen LogP contribution in [0.5, 0.6) is 0 Å². The lowest BCUT2D eigenvalue weighted by Crippen LogP contribution is -2.34. The Labute approximate surface area is 133 Å². The van der Waals surface area contributed by atoms with E-state index in [1.54, 1.807) is 13.0 Å². The van der Waals surface area contributed by atoms with E-state index < -0.39 is 4.92 Å². The van der Waals surface area contributed by atoms with Gasteiger partial charge in [0.1, 0.15) is 0 Å². The minimum absolute atomic E-state index is 0.00194. The number of hydrogen-bond donors (Lipinski definition) is 1. The number of carbonyl (C=O) groups excluding carboxylic acids is 1. The first-order chi connectivity index (χ1) is 9.76. The number of aryl methyl sites for hydroxylation is 1. The molecule has 0 bridgehead atoms. The Morgan fingerprint density at radius 2 is 2.10 bits per heavy atom. The minimum Gasteiger partial charge on any atom is -0.351 e. The lowest BCUT2D eigenvalue weighted by Gasteiger charge is -2.24. The Hall–Kier alpha value is -1.43. The van der Waals surface area contributed by atoms with Gasteiger partial charge in [-0.3, -0.25) is 14.9 Å². The summed E-state index contributed by atoms with van der Waals surface area (Å²) in [6, 6.07) is 4.34. The summed E-state index contributed by atoms with van der Waals surface area (Å²) in [7, 11) is 0. The van der Waals surface area contributed by atoms with Crippen LogP contribution in [0.1, 0.15) is 42.6 Å². The van der Waals surface area contributed by atoms with Crippen molar-refractivity contribution >= 4 is 27.5 Å². The monoisotopic (exact) mass is 356 g/mol. The molecule has 0 atom stereocenters. The maximum Gasteiger partial charge on any atom is 0.270 e. The van der Waals surface area contributed by atoms with E-state index in [1.165, 1.54) is 12.1 Å². The maximum absolute atomic E-state index is 12.2. The van der Waals surface area contributed by atoms with Crippen LogP contribution in [0.4, 0.5) is 5.69 Å². The molecule has 5 nitrogen and oxygen atoms in total. The van der Waals surface area contributed by atoms with Crippen molar-refractivity contribution in [1.82, 2.24) is 5.32 Å². The fraction of sp³-hybridized carbons (Fsp3) is 0.533. The van der Waals surface area contributed by atoms with Crippen molar-refractivity contribution in [3.63, 3.8) is 0 Å². The molecule has 0 aliphatic rings. The zero-order valence-electron chi connectivity index (χ0n) is 12.6. The fourth-order valence-corrected chi connectivity index (χ4v) is 2.30. The van der Waals surface area contributed by atoms with Crippen molar-refractivity contribution in [3.05, 3.63) is 39.4 Å². The average molecular weight is 357 g/mol. The van der Waals surface area contributed by atoms with Crippen LogP contribution in [-0.4, -0.2) is 22.7 Å². The van der Waals surface area contributed by atoms with Gasteiger partial charge in [0.15, 0.2) is 0 Å². The number of nitro benzene ring substituents is 1. The molecule has 116 valence electrons. The van der Waals surface area contributed by atoms with Gasteiger partial charge in [0.25, 0.3) is 11.6 Å². The van der Waals surface area contributed by atoms with Crippen molar-refractivity contribution < 1.29 is 9.72 Å². The predicted octanol–water partition coefficient (Wildman–Crippen LogP) is 3.83. The van der Waals surface area contributed by atoms with Crippen molar-refractivity contribution in [2.45, 2.75) is 33.6 Å². The molecular weight excluding hydrogens is 336 g/mol. The molecule has 0 aliphatic heterocycles. The molecule has 6 heteroatoms. The molecular formula is C15H21BrN2O3. The van der Waals surface area contributed by atoms with Crippen LogP contribution in [0, 0.1) is 22.5 Å². The third-order valence-electron chi connectivity index (χ3n) is 3.39. The molecule has 0 saturated heterocycles. The van der Waals surface area contributed by atoms with Gasteiger partial charge >= 0.3 is 0 Å². The van der Waals surface area contributed by atoms with E-state index in [9.17, 15) is 14.9 Å². The zero-order chi connectivity index (χ0) is 16.0. The van der Waals surface area contributed by atoms with Crippen LogP contribution in [-0.2, 0) is 0 Å². The maximum atomic E-state index is 12.2. The molecule has 1 amide bonds. The number of nitrogens with zero attached hydrogens (tertiary/aromatic N) is 1. The van der Waals surface area contributed by atoms with Gasteiger partial charge in [-0.15, -0.1) is 0 Å². The quantitative estimate of drug-likeness (QED) is 0.458. The second kappa shape index (κ2) is 7.54. The molecule has 1 N–H and O–H groups in total. The second-order valence-electron chi connectivity index (χ2n) is 5.90. The van der Waals surface area contributed by atoms with Gasteiger partial charge in [0.05, 0.1) is 4.92 Å². The highest BCUT2D eigenvalue weighted by molar-refractivity contribution is 9.09. The predicted molar refractivity (Wildman–Crippen MR) is 87.0 cm³/mol. The van der Waals surface area contributed by atoms with Gasteiger partial charge in [-0.25, -0.2) is 0 Å². The molecule has 0 saturated carbocycles. The summed E-state index contributed by atoms with van der Waals surface area (Å²) >= 11 is 3.40. The third kappa shape index (κ3) is 5.46. The number of rotatable bonds is 7. The van der Waals surface area contributed by atoms with E-state index in [-0.39, 0.29) is 17.0 Å². The van der Waals surface area contributed by atoms with Crippen LogP contribution in [0.25, 0.3) is 0 Å². The zero-order valence-corrected chi connectivity index (χ0v) is 14.2. The summed E-state index contributed by atoms with van der Waals surface area (Å²) < 4.78 is 0. The van der Waals surface area contributed by atoms with E-state index in [0.717, 1.165) is 23.7 Å². The Kier molecular flexibility index (Phi) is 6.33. The smallest absolute Gasteiger partial charge is 0.270 e. The highest BCUT2D eigenvalue weighted by Crippen LogP contribution is 2.22. The number of nitro groups is 1. The van der Waals surface area contributed by atoms with Gasteiger partial charge in [0.2, 0.25) is 0 Å². The first kappa shape index (κ1) is 17.6. The number of halogens is 1. The van der Waals surface area contributed by atoms with Gasteiger partial charge in [-0.05, 0) is 30.7 Å². The van der Waals surface area contributed by atoms with Gasteiger partial charge in [0, 0.05) is 29.6 Å². The SMILES string of the molecule is Cc1ccc([N+](=O)[O-])cc1C(=O)NCC(C)(C)CCCBr. The summed E-state index contributed by atoms with van der Waals surface area (Å²) in [4.78, 5) is 22.5. The molecule has 1 aromatic rings. The molecule has 1 aromatic carbocycles. The largest absolute Gasteiger partial charge is 0.351 e. The fourth-order valence-electron chi connectivity index (χ4n) is 2.02. The minimum atomic E-state index is -0.490. The number of amides is 1. The number of nitrogens with one attached hydrogen (secondary N) is 1. The van der Waals surface area contributed by atoms with Crippen LogP contribution in [0.15, 0.2) is 18.2 Å². The van der Waals surface area contributed by atoms with Crippen LogP contribution < -0.4 is 5.32 Å². The molecule has 1 rings (SSSR count). The highest BCUT2D eigenvalue weighted by Gasteiger charge is 2.20. The lowest BCUT2D eigenvalue weighted by molar-refractivity contribution is -0.384. The average Bonchev–Trinajstić information content (AvgIpc) is 2.43. The first-order valence-electron chi connectivity index (χ1n) is 6.86. The van der Waals surface area contributed by atoms with Gasteiger partial charge in [-0.1, -0.05) is 35.8 Å². The van der Waals surface area contributed by atoms with E-state index in [2.05, 4.69) is 35.1 Å². The van der Waals surface area contributed by atoms with E-state index >= 15 is 0 Å². The summed E-state index contributed by atoms with van der Waals surface area (Å²) in [5.74, 6) is -0.261. The van der Waals surface area contributed by atoms with E-state index in [0.29, 0.717) is 12.1 Å². The Balaban J connectivity index is 2.76. The lowest BCUT2D eigenvalue weighted by atomic mass is 9.88. The normalized spacial score (nSPS) is 11.2. The number of benzene rings is 1. The summed E-state index contributed by atoms with van der Waals surface area (Å²) in [5, 5.41) is 14.6. The standard InChI is InChI=1S/C15H21BrN2O3/c1-11-5-6-12(18(20)21)9-13(11)14(19)17-10-15(2,3)7-4-8-16/h5-6,9H,4,7-8,10H2,1-3H3,(H,17,19). The summed E-state index contributed by atoms with van der Waals surface area (Å²) in [6.07, 6.45) is 2.03. The first-order valence-corrected chi connectivity index (χ1v) is 7.98. The van der Waals surface area contributed by atoms with Crippen LogP contribution in [0.2, 0.25) is 0 Å². The second-order valence-corrected chi connectivity index (χ2v) is 6.69. The van der Waals surface area contributed by atoms with Gasteiger partial charge in [-0.2, -0.15) is 0 Å². The van der Waals surface area contributed by atoms with E-state index in [1.807, 2.05) is 0 Å². The summed E-state index contributed by atoms with van der Waals surface area (Å²) in [5.41, 5.74) is 1.03. The van der Waals surface area contributed by atoms with Gasteiger partial charge < -0.3 is 5.32 Å². The number of non-ortho nitro benzene ring substituents is 1. The molecule has 0 spiro atoms. The molecule has 0 aliphatic carbocycles. The highest BCUT2D eigenvalue weighted by atomic mass is 79.9.